The Kier molecular flexibility index (Phi) is 4.04. The zero-order chi connectivity index (χ0) is 13.0. The van der Waals surface area contributed by atoms with E-state index in [1.165, 1.54) is 11.1 Å². The monoisotopic (exact) mass is 261 g/mol. The zero-order valence-electron chi connectivity index (χ0n) is 10.4. The Hall–Kier alpha value is -1.75. The SMILES string of the molecule is CSc1ccc(CN(C)C(=O)c2cn[nH]c2)cc1. The van der Waals surface area contributed by atoms with E-state index in [9.17, 15) is 4.79 Å². The summed E-state index contributed by atoms with van der Waals surface area (Å²) in [6, 6.07) is 8.22. The van der Waals surface area contributed by atoms with Crippen molar-refractivity contribution in [2.24, 2.45) is 0 Å². The van der Waals surface area contributed by atoms with Crippen molar-refractivity contribution < 1.29 is 4.79 Å². The Balaban J connectivity index is 2.02. The fraction of sp³-hybridized carbons (Fsp3) is 0.231. The van der Waals surface area contributed by atoms with Crippen molar-refractivity contribution in [1.29, 1.82) is 0 Å². The molecule has 0 saturated carbocycles. The molecule has 0 fully saturated rings. The van der Waals surface area contributed by atoms with Crippen LogP contribution in [0.1, 0.15) is 15.9 Å². The third kappa shape index (κ3) is 2.92. The van der Waals surface area contributed by atoms with Crippen LogP contribution >= 0.6 is 11.8 Å². The minimum Gasteiger partial charge on any atom is -0.337 e. The molecule has 2 aromatic rings. The molecule has 0 radical (unpaired) electrons. The van der Waals surface area contributed by atoms with E-state index in [-0.39, 0.29) is 5.91 Å². The topological polar surface area (TPSA) is 49.0 Å². The number of nitrogens with one attached hydrogen (secondary N) is 1. The van der Waals surface area contributed by atoms with E-state index in [2.05, 4.69) is 22.3 Å². The van der Waals surface area contributed by atoms with Gasteiger partial charge in [0.2, 0.25) is 0 Å². The van der Waals surface area contributed by atoms with Crippen LogP contribution < -0.4 is 0 Å². The van der Waals surface area contributed by atoms with Crippen LogP contribution in [0, 0.1) is 0 Å². The summed E-state index contributed by atoms with van der Waals surface area (Å²) in [4.78, 5) is 14.9. The maximum atomic E-state index is 12.0. The number of benzene rings is 1. The minimum atomic E-state index is -0.0299. The molecular weight excluding hydrogens is 246 g/mol. The van der Waals surface area contributed by atoms with E-state index >= 15 is 0 Å². The molecule has 0 aliphatic carbocycles. The molecule has 18 heavy (non-hydrogen) atoms. The van der Waals surface area contributed by atoms with Gasteiger partial charge in [0.1, 0.15) is 0 Å². The summed E-state index contributed by atoms with van der Waals surface area (Å²) >= 11 is 1.71. The molecule has 0 unspecified atom stereocenters. The van der Waals surface area contributed by atoms with E-state index < -0.39 is 0 Å². The lowest BCUT2D eigenvalue weighted by molar-refractivity contribution is 0.0785. The number of carbonyl (C=O) groups is 1. The molecule has 0 bridgehead atoms. The lowest BCUT2D eigenvalue weighted by Crippen LogP contribution is -2.25. The van der Waals surface area contributed by atoms with Gasteiger partial charge >= 0.3 is 0 Å². The molecule has 0 aliphatic heterocycles. The van der Waals surface area contributed by atoms with E-state index in [4.69, 9.17) is 0 Å². The molecule has 5 heteroatoms. The average molecular weight is 261 g/mol. The van der Waals surface area contributed by atoms with Crippen molar-refractivity contribution in [3.05, 3.63) is 47.8 Å². The molecule has 0 saturated heterocycles. The van der Waals surface area contributed by atoms with Crippen molar-refractivity contribution in [2.75, 3.05) is 13.3 Å². The van der Waals surface area contributed by atoms with Crippen LogP contribution in [0.5, 0.6) is 0 Å². The number of H-pyrrole nitrogens is 1. The van der Waals surface area contributed by atoms with Gasteiger partial charge in [0.15, 0.2) is 0 Å². The summed E-state index contributed by atoms with van der Waals surface area (Å²) in [5.41, 5.74) is 1.70. The summed E-state index contributed by atoms with van der Waals surface area (Å²) < 4.78 is 0. The quantitative estimate of drug-likeness (QED) is 0.860. The lowest BCUT2D eigenvalue weighted by atomic mass is 10.2. The number of thioether (sulfide) groups is 1. The van der Waals surface area contributed by atoms with Gasteiger partial charge in [-0.1, -0.05) is 12.1 Å². The molecule has 0 spiro atoms. The number of hydrogen-bond acceptors (Lipinski definition) is 3. The smallest absolute Gasteiger partial charge is 0.257 e. The van der Waals surface area contributed by atoms with Crippen LogP contribution in [-0.2, 0) is 6.54 Å². The van der Waals surface area contributed by atoms with Gasteiger partial charge in [-0.3, -0.25) is 9.89 Å². The predicted molar refractivity (Wildman–Crippen MR) is 72.6 cm³/mol. The molecule has 4 nitrogen and oxygen atoms in total. The summed E-state index contributed by atoms with van der Waals surface area (Å²) in [6.45, 7) is 0.596. The number of hydrogen-bond donors (Lipinski definition) is 1. The molecule has 1 amide bonds. The number of carbonyl (C=O) groups excluding carboxylic acids is 1. The average Bonchev–Trinajstić information content (AvgIpc) is 2.92. The van der Waals surface area contributed by atoms with E-state index in [1.807, 2.05) is 18.4 Å². The highest BCUT2D eigenvalue weighted by molar-refractivity contribution is 7.98. The van der Waals surface area contributed by atoms with Crippen LogP contribution in [0.15, 0.2) is 41.6 Å². The minimum absolute atomic E-state index is 0.0299. The third-order valence-corrected chi connectivity index (χ3v) is 3.41. The van der Waals surface area contributed by atoms with Crippen LogP contribution in [0.3, 0.4) is 0 Å². The Morgan fingerprint density at radius 1 is 1.39 bits per heavy atom. The molecule has 1 heterocycles. The maximum Gasteiger partial charge on any atom is 0.257 e. The number of aromatic nitrogens is 2. The van der Waals surface area contributed by atoms with Gasteiger partial charge in [-0.2, -0.15) is 5.10 Å². The molecule has 2 rings (SSSR count). The fourth-order valence-corrected chi connectivity index (χ4v) is 2.07. The normalized spacial score (nSPS) is 10.3. The number of nitrogens with zero attached hydrogens (tertiary/aromatic N) is 2. The summed E-state index contributed by atoms with van der Waals surface area (Å²) in [7, 11) is 1.79. The molecule has 1 N–H and O–H groups in total. The second-order valence-corrected chi connectivity index (χ2v) is 4.88. The van der Waals surface area contributed by atoms with Gasteiger partial charge in [0.25, 0.3) is 5.91 Å². The van der Waals surface area contributed by atoms with Gasteiger partial charge in [-0.05, 0) is 24.0 Å². The Morgan fingerprint density at radius 2 is 2.11 bits per heavy atom. The number of aromatic amines is 1. The second-order valence-electron chi connectivity index (χ2n) is 4.00. The summed E-state index contributed by atoms with van der Waals surface area (Å²) in [5, 5.41) is 6.42. The first-order valence-corrected chi connectivity index (χ1v) is 6.80. The maximum absolute atomic E-state index is 12.0. The van der Waals surface area contributed by atoms with Crippen LogP contribution in [0.4, 0.5) is 0 Å². The van der Waals surface area contributed by atoms with E-state index in [1.54, 1.807) is 29.9 Å². The van der Waals surface area contributed by atoms with E-state index in [0.29, 0.717) is 12.1 Å². The van der Waals surface area contributed by atoms with Crippen LogP contribution in [0.2, 0.25) is 0 Å². The van der Waals surface area contributed by atoms with Crippen LogP contribution in [-0.4, -0.2) is 34.3 Å². The van der Waals surface area contributed by atoms with E-state index in [0.717, 1.165) is 5.56 Å². The molecule has 1 aromatic carbocycles. The van der Waals surface area contributed by atoms with Crippen molar-refractivity contribution in [3.63, 3.8) is 0 Å². The number of amides is 1. The summed E-state index contributed by atoms with van der Waals surface area (Å²) in [6.07, 6.45) is 5.19. The van der Waals surface area contributed by atoms with Gasteiger partial charge in [0, 0.05) is 24.7 Å². The van der Waals surface area contributed by atoms with Crippen LogP contribution in [0.25, 0.3) is 0 Å². The first-order valence-electron chi connectivity index (χ1n) is 5.58. The van der Waals surface area contributed by atoms with Gasteiger partial charge in [-0.25, -0.2) is 0 Å². The molecule has 1 aromatic heterocycles. The second kappa shape index (κ2) is 5.73. The molecular formula is C13H15N3OS. The Bertz CT molecular complexity index is 508. The molecule has 94 valence electrons. The number of rotatable bonds is 4. The van der Waals surface area contributed by atoms with Crippen molar-refractivity contribution in [2.45, 2.75) is 11.4 Å². The first kappa shape index (κ1) is 12.7. The summed E-state index contributed by atoms with van der Waals surface area (Å²) in [5.74, 6) is -0.0299. The zero-order valence-corrected chi connectivity index (χ0v) is 11.2. The lowest BCUT2D eigenvalue weighted by Gasteiger charge is -2.16. The van der Waals surface area contributed by atoms with Crippen molar-refractivity contribution in [1.82, 2.24) is 15.1 Å². The fourth-order valence-electron chi connectivity index (χ4n) is 1.66. The predicted octanol–water partition coefficient (Wildman–Crippen LogP) is 2.40. The van der Waals surface area contributed by atoms with Gasteiger partial charge in [0.05, 0.1) is 11.8 Å². The first-order chi connectivity index (χ1) is 8.70. The van der Waals surface area contributed by atoms with Crippen molar-refractivity contribution >= 4 is 17.7 Å². The standard InChI is InChI=1S/C13H15N3OS/c1-16(13(17)11-7-14-15-8-11)9-10-3-5-12(18-2)6-4-10/h3-8H,9H2,1-2H3,(H,14,15). The van der Waals surface area contributed by atoms with Crippen molar-refractivity contribution in [3.8, 4) is 0 Å². The molecule has 0 aliphatic rings. The highest BCUT2D eigenvalue weighted by Crippen LogP contribution is 2.16. The third-order valence-electron chi connectivity index (χ3n) is 2.67. The van der Waals surface area contributed by atoms with Gasteiger partial charge in [-0.15, -0.1) is 11.8 Å². The Morgan fingerprint density at radius 3 is 2.67 bits per heavy atom. The van der Waals surface area contributed by atoms with Gasteiger partial charge < -0.3 is 4.90 Å². The molecule has 0 atom stereocenters. The highest BCUT2D eigenvalue weighted by atomic mass is 32.2. The largest absolute Gasteiger partial charge is 0.337 e. The highest BCUT2D eigenvalue weighted by Gasteiger charge is 2.12. The Labute approximate surface area is 110 Å².